The van der Waals surface area contributed by atoms with E-state index in [2.05, 4.69) is 46.4 Å². The molecule has 2 aromatic rings. The Morgan fingerprint density at radius 2 is 1.93 bits per heavy atom. The average molecular weight is 441 g/mol. The average Bonchev–Trinajstić information content (AvgIpc) is 3.29. The highest BCUT2D eigenvalue weighted by Crippen LogP contribution is 2.30. The molecule has 10 heteroatoms. The van der Waals surface area contributed by atoms with E-state index in [1.165, 1.54) is 17.7 Å². The number of ketones is 1. The summed E-state index contributed by atoms with van der Waals surface area (Å²) in [5.41, 5.74) is 3.00. The van der Waals surface area contributed by atoms with Crippen LogP contribution in [0, 0.1) is 17.2 Å². The largest absolute Gasteiger partial charge is 0.288 e. The summed E-state index contributed by atoms with van der Waals surface area (Å²) in [4.78, 5) is 15.2. The third-order valence-corrected chi connectivity index (χ3v) is 4.69. The zero-order valence-corrected chi connectivity index (χ0v) is 17.2. The van der Waals surface area contributed by atoms with Crippen molar-refractivity contribution in [1.82, 2.24) is 4.98 Å². The second-order valence-electron chi connectivity index (χ2n) is 6.03. The van der Waals surface area contributed by atoms with Crippen LogP contribution in [0.15, 0.2) is 65.1 Å². The van der Waals surface area contributed by atoms with Crippen LogP contribution >= 0.6 is 11.3 Å². The van der Waals surface area contributed by atoms with Crippen molar-refractivity contribution in [2.75, 3.05) is 0 Å². The lowest BCUT2D eigenvalue weighted by Crippen LogP contribution is -2.68. The quantitative estimate of drug-likeness (QED) is 0.584. The van der Waals surface area contributed by atoms with Crippen LogP contribution in [-0.4, -0.2) is 10.8 Å². The van der Waals surface area contributed by atoms with E-state index >= 15 is 0 Å². The summed E-state index contributed by atoms with van der Waals surface area (Å²) in [6.45, 7) is 5.29. The molecule has 0 aromatic carbocycles. The molecule has 154 valence electrons. The maximum absolute atomic E-state index is 12.4. The van der Waals surface area contributed by atoms with Crippen molar-refractivity contribution in [3.05, 3.63) is 70.8 Å². The van der Waals surface area contributed by atoms with Crippen molar-refractivity contribution in [2.45, 2.75) is 26.8 Å². The number of fused-ring (bicyclic) bond motifs is 2. The summed E-state index contributed by atoms with van der Waals surface area (Å²) >= 11 is 1.70. The molecule has 2 bridgehead atoms. The molecule has 0 aliphatic heterocycles. The van der Waals surface area contributed by atoms with Gasteiger partial charge in [-0.3, -0.25) is 4.79 Å². The van der Waals surface area contributed by atoms with Gasteiger partial charge < -0.3 is 0 Å². The van der Waals surface area contributed by atoms with Gasteiger partial charge in [0.2, 0.25) is 0 Å². The molecule has 0 fully saturated rings. The number of carbonyl (C=O) groups excluding carboxylic acids is 1. The Kier molecular flexibility index (Phi) is 7.91. The molecular formula is C19H18ClFN2O5S. The zero-order valence-electron chi connectivity index (χ0n) is 15.6. The Bertz CT molecular complexity index is 973. The van der Waals surface area contributed by atoms with Crippen LogP contribution in [0.25, 0.3) is 10.6 Å². The summed E-state index contributed by atoms with van der Waals surface area (Å²) in [6, 6.07) is 4.20. The Labute approximate surface area is 173 Å². The first-order chi connectivity index (χ1) is 13.6. The number of pyridine rings is 1. The van der Waals surface area contributed by atoms with Gasteiger partial charge in [0, 0.05) is 29.1 Å². The molecule has 2 aromatic heterocycles. The molecule has 0 amide bonds. The van der Waals surface area contributed by atoms with E-state index in [1.54, 1.807) is 17.4 Å². The minimum atomic E-state index is -4.94. The normalized spacial score (nSPS) is 14.3. The second-order valence-corrected chi connectivity index (χ2v) is 7.64. The molecule has 2 aliphatic carbocycles. The minimum Gasteiger partial charge on any atom is -0.288 e. The van der Waals surface area contributed by atoms with Gasteiger partial charge in [-0.1, -0.05) is 13.0 Å². The minimum absolute atomic E-state index is 0.174. The summed E-state index contributed by atoms with van der Waals surface area (Å²) < 4.78 is 48.6. The Morgan fingerprint density at radius 1 is 1.24 bits per heavy atom. The fraction of sp³-hybridized carbons (Fsp3) is 0.211. The fourth-order valence-corrected chi connectivity index (χ4v) is 3.32. The van der Waals surface area contributed by atoms with Crippen molar-refractivity contribution >= 4 is 17.1 Å². The standard InChI is InChI=1S/C12H15N2S.C7H3FO.ClHO4/c1-3-6-14-7-4-5-11(8-14)12-13-10(2)9-15-12;8-6-3-4-1-2-5(6)7(4)9;2-1(3,4)5/h4-5,7-9H,3,6H2,1-2H3;1-3H;(H,2,3,4,5)/q+1;;/p-1. The maximum atomic E-state index is 12.4. The van der Waals surface area contributed by atoms with Gasteiger partial charge in [0.1, 0.15) is 17.4 Å². The summed E-state index contributed by atoms with van der Waals surface area (Å²) in [5, 5.41) is 3.20. The fourth-order valence-electron chi connectivity index (χ4n) is 2.53. The van der Waals surface area contributed by atoms with Crippen molar-refractivity contribution < 1.29 is 42.6 Å². The van der Waals surface area contributed by atoms with Gasteiger partial charge in [-0.15, -0.1) is 21.6 Å². The second kappa shape index (κ2) is 9.97. The number of thiazole rings is 1. The lowest BCUT2D eigenvalue weighted by Gasteiger charge is -2.17. The number of hydrogen-bond donors (Lipinski definition) is 0. The van der Waals surface area contributed by atoms with Gasteiger partial charge in [-0.2, -0.15) is 0 Å². The first kappa shape index (κ1) is 23.0. The highest BCUT2D eigenvalue weighted by molar-refractivity contribution is 7.13. The molecule has 0 spiro atoms. The third kappa shape index (κ3) is 7.24. The van der Waals surface area contributed by atoms with E-state index < -0.39 is 16.1 Å². The topological polar surface area (TPSA) is 126 Å². The van der Waals surface area contributed by atoms with E-state index in [0.717, 1.165) is 23.7 Å². The number of aryl methyl sites for hydroxylation is 2. The number of halogens is 2. The van der Waals surface area contributed by atoms with Crippen LogP contribution in [0.2, 0.25) is 0 Å². The highest BCUT2D eigenvalue weighted by atomic mass is 35.7. The van der Waals surface area contributed by atoms with Crippen LogP contribution < -0.4 is 23.2 Å². The number of hydrogen-bond acceptors (Lipinski definition) is 7. The SMILES string of the molecule is CCC[n+]1cccc(-c2nc(C)cs2)c1.O=C1C2=CC(F)=C1C=C2.[O-][Cl+3]([O-])([O-])[O-]. The van der Waals surface area contributed by atoms with Crippen molar-refractivity contribution in [3.8, 4) is 10.6 Å². The van der Waals surface area contributed by atoms with Crippen LogP contribution in [0.1, 0.15) is 19.0 Å². The van der Waals surface area contributed by atoms with Gasteiger partial charge in [0.25, 0.3) is 0 Å². The van der Waals surface area contributed by atoms with Gasteiger partial charge in [-0.25, -0.2) is 32.6 Å². The van der Waals surface area contributed by atoms with E-state index in [9.17, 15) is 9.18 Å². The summed E-state index contributed by atoms with van der Waals surface area (Å²) in [7, 11) is -4.94. The number of aromatic nitrogens is 2. The number of nitrogens with zero attached hydrogens (tertiary/aromatic N) is 2. The van der Waals surface area contributed by atoms with Gasteiger partial charge in [-0.05, 0) is 25.1 Å². The first-order valence-electron chi connectivity index (χ1n) is 8.46. The van der Waals surface area contributed by atoms with E-state index in [1.807, 2.05) is 6.92 Å². The molecule has 7 nitrogen and oxygen atoms in total. The van der Waals surface area contributed by atoms with Gasteiger partial charge in [0.15, 0.2) is 18.2 Å². The maximum Gasteiger partial charge on any atom is 0.196 e. The zero-order chi connectivity index (χ0) is 21.6. The Morgan fingerprint density at radius 3 is 2.34 bits per heavy atom. The molecule has 4 rings (SSSR count). The predicted octanol–water partition coefficient (Wildman–Crippen LogP) is -0.651. The van der Waals surface area contributed by atoms with Crippen LogP contribution in [-0.2, 0) is 11.3 Å². The molecular weight excluding hydrogens is 423 g/mol. The molecule has 2 heterocycles. The molecule has 0 unspecified atom stereocenters. The number of carbonyl (C=O) groups is 1. The number of allylic oxidation sites excluding steroid dienone is 6. The number of Topliss-reactive ketones (excluding diaryl/α,β-unsaturated/α-hetero) is 1. The van der Waals surface area contributed by atoms with Crippen LogP contribution in [0.4, 0.5) is 4.39 Å². The highest BCUT2D eigenvalue weighted by Gasteiger charge is 2.26. The van der Waals surface area contributed by atoms with Crippen LogP contribution in [0.5, 0.6) is 0 Å². The molecule has 2 aliphatic rings. The van der Waals surface area contributed by atoms with Gasteiger partial charge >= 0.3 is 0 Å². The number of rotatable bonds is 3. The third-order valence-electron chi connectivity index (χ3n) is 3.68. The monoisotopic (exact) mass is 440 g/mol. The van der Waals surface area contributed by atoms with E-state index in [-0.39, 0.29) is 11.4 Å². The summed E-state index contributed by atoms with van der Waals surface area (Å²) in [6.07, 6.45) is 9.83. The van der Waals surface area contributed by atoms with Crippen molar-refractivity contribution in [2.24, 2.45) is 0 Å². The lowest BCUT2D eigenvalue weighted by molar-refractivity contribution is -2.00. The molecule has 29 heavy (non-hydrogen) atoms. The summed E-state index contributed by atoms with van der Waals surface area (Å²) in [5.74, 6) is -0.565. The molecule has 0 saturated heterocycles. The van der Waals surface area contributed by atoms with E-state index in [0.29, 0.717) is 5.57 Å². The molecule has 0 atom stereocenters. The smallest absolute Gasteiger partial charge is 0.196 e. The molecule has 0 radical (unpaired) electrons. The van der Waals surface area contributed by atoms with Crippen LogP contribution in [0.3, 0.4) is 0 Å². The molecule has 0 saturated carbocycles. The van der Waals surface area contributed by atoms with E-state index in [4.69, 9.17) is 18.6 Å². The lowest BCUT2D eigenvalue weighted by atomic mass is 10.2. The molecule has 0 N–H and O–H groups in total. The Hall–Kier alpha value is -2.27. The van der Waals surface area contributed by atoms with Gasteiger partial charge in [0.05, 0.1) is 11.1 Å². The van der Waals surface area contributed by atoms with Crippen molar-refractivity contribution in [3.63, 3.8) is 0 Å². The van der Waals surface area contributed by atoms with Crippen molar-refractivity contribution in [1.29, 1.82) is 0 Å². The predicted molar refractivity (Wildman–Crippen MR) is 93.1 cm³/mol. The first-order valence-corrected chi connectivity index (χ1v) is 10.6. The Balaban J connectivity index is 0.000000181.